The fourth-order valence-corrected chi connectivity index (χ4v) is 3.75. The minimum atomic E-state index is -0.567. The minimum Gasteiger partial charge on any atom is -0.297 e. The number of carbonyl (C=O) groups is 1. The monoisotopic (exact) mass is 370 g/mol. The highest BCUT2D eigenvalue weighted by atomic mass is 32.1. The molecule has 3 aromatic rings. The van der Waals surface area contributed by atoms with Gasteiger partial charge >= 0.3 is 5.69 Å². The van der Waals surface area contributed by atoms with Gasteiger partial charge in [0.2, 0.25) is 0 Å². The first-order chi connectivity index (χ1) is 12.1. The van der Waals surface area contributed by atoms with E-state index in [-0.39, 0.29) is 17.9 Å². The molecule has 0 spiro atoms. The van der Waals surface area contributed by atoms with Crippen LogP contribution in [0.5, 0.6) is 0 Å². The summed E-state index contributed by atoms with van der Waals surface area (Å²) in [5, 5.41) is 1.77. The minimum absolute atomic E-state index is 0.0549. The molecule has 0 atom stereocenters. The van der Waals surface area contributed by atoms with Crippen molar-refractivity contribution in [3.8, 4) is 5.69 Å². The molecule has 2 aromatic heterocycles. The van der Waals surface area contributed by atoms with Crippen molar-refractivity contribution in [1.29, 1.82) is 0 Å². The molecule has 0 bridgehead atoms. The number of carbonyl (C=O) groups excluding carboxylic acids is 1. The van der Waals surface area contributed by atoms with E-state index >= 15 is 0 Å². The second kappa shape index (κ2) is 6.36. The summed E-state index contributed by atoms with van der Waals surface area (Å²) < 4.78 is 3.07. The standard InChI is InChI=1S/C20H22N2O3S/c1-12-8-13(2)10-14(9-12)22-18(24)17-15(6-7-26-17)21(19(22)25)11-16(23)20(3,4)5/h6-10H,11H2,1-5H3. The largest absolute Gasteiger partial charge is 0.336 e. The van der Waals surface area contributed by atoms with Crippen molar-refractivity contribution in [3.63, 3.8) is 0 Å². The number of aromatic nitrogens is 2. The van der Waals surface area contributed by atoms with Gasteiger partial charge in [-0.15, -0.1) is 11.3 Å². The van der Waals surface area contributed by atoms with Gasteiger partial charge in [-0.25, -0.2) is 9.36 Å². The molecule has 0 fully saturated rings. The third-order valence-corrected chi connectivity index (χ3v) is 5.25. The number of rotatable bonds is 3. The molecule has 0 saturated heterocycles. The summed E-state index contributed by atoms with van der Waals surface area (Å²) in [6.45, 7) is 9.27. The number of Topliss-reactive ketones (excluding diaryl/α,β-unsaturated/α-hetero) is 1. The molecule has 136 valence electrons. The second-order valence-electron chi connectivity index (χ2n) is 7.66. The molecule has 0 radical (unpaired) electrons. The highest BCUT2D eigenvalue weighted by Gasteiger charge is 2.24. The molecule has 0 amide bonds. The van der Waals surface area contributed by atoms with E-state index in [9.17, 15) is 14.4 Å². The molecule has 1 aromatic carbocycles. The molecular formula is C20H22N2O3S. The van der Waals surface area contributed by atoms with E-state index in [1.165, 1.54) is 20.5 Å². The fourth-order valence-electron chi connectivity index (χ4n) is 2.93. The van der Waals surface area contributed by atoms with Crippen LogP contribution in [0.3, 0.4) is 0 Å². The van der Waals surface area contributed by atoms with Gasteiger partial charge < -0.3 is 0 Å². The van der Waals surface area contributed by atoms with Crippen LogP contribution in [0.2, 0.25) is 0 Å². The van der Waals surface area contributed by atoms with Gasteiger partial charge in [-0.3, -0.25) is 14.2 Å². The number of fused-ring (bicyclic) bond motifs is 1. The van der Waals surface area contributed by atoms with Gasteiger partial charge in [-0.05, 0) is 48.6 Å². The van der Waals surface area contributed by atoms with Gasteiger partial charge in [0.15, 0.2) is 5.78 Å². The van der Waals surface area contributed by atoms with Crippen molar-refractivity contribution in [2.75, 3.05) is 0 Å². The van der Waals surface area contributed by atoms with Crippen molar-refractivity contribution < 1.29 is 4.79 Å². The first kappa shape index (κ1) is 18.3. The van der Waals surface area contributed by atoms with Crippen LogP contribution in [-0.2, 0) is 11.3 Å². The van der Waals surface area contributed by atoms with E-state index in [4.69, 9.17) is 0 Å². The van der Waals surface area contributed by atoms with Crippen LogP contribution in [0, 0.1) is 19.3 Å². The van der Waals surface area contributed by atoms with Crippen LogP contribution in [0.15, 0.2) is 39.2 Å². The van der Waals surface area contributed by atoms with E-state index in [1.54, 1.807) is 11.4 Å². The van der Waals surface area contributed by atoms with Crippen LogP contribution in [0.4, 0.5) is 0 Å². The number of hydrogen-bond acceptors (Lipinski definition) is 4. The quantitative estimate of drug-likeness (QED) is 0.709. The average Bonchev–Trinajstić information content (AvgIpc) is 2.99. The maximum Gasteiger partial charge on any atom is 0.336 e. The van der Waals surface area contributed by atoms with Crippen molar-refractivity contribution in [3.05, 3.63) is 61.6 Å². The summed E-state index contributed by atoms with van der Waals surface area (Å²) in [6, 6.07) is 7.33. The van der Waals surface area contributed by atoms with Crippen LogP contribution in [0.1, 0.15) is 31.9 Å². The maximum absolute atomic E-state index is 13.2. The lowest BCUT2D eigenvalue weighted by Gasteiger charge is -2.19. The summed E-state index contributed by atoms with van der Waals surface area (Å²) in [7, 11) is 0. The Bertz CT molecular complexity index is 1110. The fraction of sp³-hybridized carbons (Fsp3) is 0.350. The molecule has 3 rings (SSSR count). The Morgan fingerprint density at radius 1 is 1.08 bits per heavy atom. The lowest BCUT2D eigenvalue weighted by Crippen LogP contribution is -2.41. The molecule has 0 N–H and O–H groups in total. The predicted molar refractivity (Wildman–Crippen MR) is 106 cm³/mol. The van der Waals surface area contributed by atoms with Crippen LogP contribution >= 0.6 is 11.3 Å². The molecule has 2 heterocycles. The molecule has 26 heavy (non-hydrogen) atoms. The Balaban J connectivity index is 2.33. The van der Waals surface area contributed by atoms with Crippen LogP contribution in [0.25, 0.3) is 15.9 Å². The Hall–Kier alpha value is -2.47. The summed E-state index contributed by atoms with van der Waals surface area (Å²) in [5.74, 6) is -0.0577. The zero-order valence-electron chi connectivity index (χ0n) is 15.6. The Morgan fingerprint density at radius 3 is 2.27 bits per heavy atom. The van der Waals surface area contributed by atoms with Crippen molar-refractivity contribution in [1.82, 2.24) is 9.13 Å². The van der Waals surface area contributed by atoms with Crippen molar-refractivity contribution in [2.24, 2.45) is 5.41 Å². The van der Waals surface area contributed by atoms with Crippen molar-refractivity contribution >= 4 is 27.3 Å². The van der Waals surface area contributed by atoms with Gasteiger partial charge in [0.1, 0.15) is 4.70 Å². The lowest BCUT2D eigenvalue weighted by atomic mass is 9.91. The van der Waals surface area contributed by atoms with E-state index in [0.29, 0.717) is 15.9 Å². The van der Waals surface area contributed by atoms with E-state index < -0.39 is 11.1 Å². The van der Waals surface area contributed by atoms with Gasteiger partial charge in [0, 0.05) is 5.41 Å². The number of ketones is 1. The number of thiophene rings is 1. The molecule has 0 saturated carbocycles. The summed E-state index contributed by atoms with van der Waals surface area (Å²) in [6.07, 6.45) is 0. The third-order valence-electron chi connectivity index (χ3n) is 4.36. The molecule has 0 unspecified atom stereocenters. The Kier molecular flexibility index (Phi) is 4.48. The number of nitrogens with zero attached hydrogens (tertiary/aromatic N) is 2. The van der Waals surface area contributed by atoms with Crippen LogP contribution in [-0.4, -0.2) is 14.9 Å². The first-order valence-electron chi connectivity index (χ1n) is 8.44. The van der Waals surface area contributed by atoms with E-state index in [2.05, 4.69) is 0 Å². The molecular weight excluding hydrogens is 348 g/mol. The SMILES string of the molecule is Cc1cc(C)cc(-n2c(=O)c3sccc3n(CC(=O)C(C)(C)C)c2=O)c1. The smallest absolute Gasteiger partial charge is 0.297 e. The summed E-state index contributed by atoms with van der Waals surface area (Å²) in [4.78, 5) is 38.7. The topological polar surface area (TPSA) is 61.1 Å². The highest BCUT2D eigenvalue weighted by molar-refractivity contribution is 7.17. The summed E-state index contributed by atoms with van der Waals surface area (Å²) >= 11 is 1.28. The molecule has 0 aliphatic rings. The Labute approximate surface area is 155 Å². The second-order valence-corrected chi connectivity index (χ2v) is 8.58. The number of benzene rings is 1. The molecule has 0 aliphatic heterocycles. The summed E-state index contributed by atoms with van der Waals surface area (Å²) in [5.41, 5.74) is 1.59. The first-order valence-corrected chi connectivity index (χ1v) is 9.32. The van der Waals surface area contributed by atoms with E-state index in [1.807, 2.05) is 52.8 Å². The highest BCUT2D eigenvalue weighted by Crippen LogP contribution is 2.20. The van der Waals surface area contributed by atoms with Crippen molar-refractivity contribution in [2.45, 2.75) is 41.2 Å². The predicted octanol–water partition coefficient (Wildman–Crippen LogP) is 3.45. The van der Waals surface area contributed by atoms with E-state index in [0.717, 1.165) is 11.1 Å². The average molecular weight is 370 g/mol. The maximum atomic E-state index is 13.2. The normalized spacial score (nSPS) is 11.9. The third kappa shape index (κ3) is 3.17. The zero-order chi connectivity index (χ0) is 19.2. The van der Waals surface area contributed by atoms with Crippen LogP contribution < -0.4 is 11.2 Å². The molecule has 6 heteroatoms. The van der Waals surface area contributed by atoms with Gasteiger partial charge in [0.25, 0.3) is 5.56 Å². The lowest BCUT2D eigenvalue weighted by molar-refractivity contribution is -0.126. The zero-order valence-corrected chi connectivity index (χ0v) is 16.4. The molecule has 0 aliphatic carbocycles. The van der Waals surface area contributed by atoms with Gasteiger partial charge in [-0.2, -0.15) is 0 Å². The van der Waals surface area contributed by atoms with Gasteiger partial charge in [0.05, 0.1) is 17.7 Å². The number of aryl methyl sites for hydroxylation is 2. The Morgan fingerprint density at radius 2 is 1.69 bits per heavy atom. The number of hydrogen-bond donors (Lipinski definition) is 0. The molecule has 5 nitrogen and oxygen atoms in total. The van der Waals surface area contributed by atoms with Gasteiger partial charge in [-0.1, -0.05) is 26.8 Å².